The lowest BCUT2D eigenvalue weighted by atomic mass is 10.6. The maximum absolute atomic E-state index is 9.89. The fourth-order valence-electron chi connectivity index (χ4n) is 0.302. The fraction of sp³-hybridized carbons (Fsp3) is 0.400. The van der Waals surface area contributed by atoms with Gasteiger partial charge in [0, 0.05) is 0 Å². The Bertz CT molecular complexity index is 121. The Labute approximate surface area is 52.7 Å². The smallest absolute Gasteiger partial charge is 0.335 e. The number of carboxylic acids is 1. The third-order valence-corrected chi connectivity index (χ3v) is 0.644. The second-order valence-electron chi connectivity index (χ2n) is 1.21. The molecule has 52 valence electrons. The predicted molar refractivity (Wildman–Crippen MR) is 29.7 cm³/mol. The molecule has 0 heterocycles. The quantitative estimate of drug-likeness (QED) is 0.440. The van der Waals surface area contributed by atoms with E-state index in [4.69, 9.17) is 5.11 Å². The van der Waals surface area contributed by atoms with Gasteiger partial charge in [0.2, 0.25) is 0 Å². The van der Waals surface area contributed by atoms with Crippen molar-refractivity contribution in [3.8, 4) is 0 Å². The van der Waals surface area contributed by atoms with Gasteiger partial charge in [-0.1, -0.05) is 0 Å². The lowest BCUT2D eigenvalue weighted by Crippen LogP contribution is -1.95. The molecule has 4 nitrogen and oxygen atoms in total. The first kappa shape index (κ1) is 7.81. The number of carbonyl (C=O) groups is 1. The van der Waals surface area contributed by atoms with Crippen LogP contribution in [0.5, 0.6) is 0 Å². The summed E-state index contributed by atoms with van der Waals surface area (Å²) in [5.74, 6) is -1.10. The van der Waals surface area contributed by atoms with Crippen LogP contribution in [-0.4, -0.2) is 25.3 Å². The highest BCUT2D eigenvalue weighted by Gasteiger charge is 1.96. The first-order chi connectivity index (χ1) is 4.20. The Morgan fingerprint density at radius 1 is 1.44 bits per heavy atom. The molecule has 0 aromatic heterocycles. The first-order valence-electron chi connectivity index (χ1n) is 2.23. The van der Waals surface area contributed by atoms with Crippen LogP contribution in [0.25, 0.3) is 0 Å². The number of rotatable bonds is 3. The summed E-state index contributed by atoms with van der Waals surface area (Å²) in [6.45, 7) is 0. The SMILES string of the molecule is COC(=CC(=O)O)OC. The molecular formula is C5H8O4. The summed E-state index contributed by atoms with van der Waals surface area (Å²) in [7, 11) is 2.66. The van der Waals surface area contributed by atoms with E-state index in [2.05, 4.69) is 9.47 Å². The Kier molecular flexibility index (Phi) is 3.27. The largest absolute Gasteiger partial charge is 0.478 e. The first-order valence-corrected chi connectivity index (χ1v) is 2.23. The van der Waals surface area contributed by atoms with Crippen molar-refractivity contribution in [2.45, 2.75) is 0 Å². The number of carboxylic acid groups (broad SMARTS) is 1. The fourth-order valence-corrected chi connectivity index (χ4v) is 0.302. The van der Waals surface area contributed by atoms with E-state index in [1.54, 1.807) is 0 Å². The van der Waals surface area contributed by atoms with Gasteiger partial charge in [0.25, 0.3) is 5.95 Å². The summed E-state index contributed by atoms with van der Waals surface area (Å²) >= 11 is 0. The lowest BCUT2D eigenvalue weighted by Gasteiger charge is -1.99. The van der Waals surface area contributed by atoms with Crippen molar-refractivity contribution < 1.29 is 19.4 Å². The van der Waals surface area contributed by atoms with Crippen molar-refractivity contribution in [1.29, 1.82) is 0 Å². The molecule has 0 saturated heterocycles. The normalized spacial score (nSPS) is 7.78. The predicted octanol–water partition coefficient (Wildman–Crippen LogP) is 0.205. The maximum Gasteiger partial charge on any atom is 0.335 e. The number of hydrogen-bond acceptors (Lipinski definition) is 3. The van der Waals surface area contributed by atoms with Crippen LogP contribution in [0, 0.1) is 0 Å². The summed E-state index contributed by atoms with van der Waals surface area (Å²) in [4.78, 5) is 9.89. The van der Waals surface area contributed by atoms with Gasteiger partial charge in [-0.15, -0.1) is 0 Å². The third-order valence-electron chi connectivity index (χ3n) is 0.644. The van der Waals surface area contributed by atoms with Crippen LogP contribution in [0.1, 0.15) is 0 Å². The van der Waals surface area contributed by atoms with E-state index in [0.717, 1.165) is 6.08 Å². The zero-order valence-corrected chi connectivity index (χ0v) is 5.25. The highest BCUT2D eigenvalue weighted by atomic mass is 16.7. The van der Waals surface area contributed by atoms with Gasteiger partial charge in [0.05, 0.1) is 14.2 Å². The molecule has 0 spiro atoms. The Hall–Kier alpha value is -1.19. The molecule has 0 unspecified atom stereocenters. The Morgan fingerprint density at radius 3 is 2.00 bits per heavy atom. The van der Waals surface area contributed by atoms with Crippen LogP contribution in [0.15, 0.2) is 12.0 Å². The minimum absolute atomic E-state index is 0.0116. The van der Waals surface area contributed by atoms with Gasteiger partial charge >= 0.3 is 5.97 Å². The van der Waals surface area contributed by atoms with Crippen LogP contribution in [0.2, 0.25) is 0 Å². The van der Waals surface area contributed by atoms with E-state index in [1.807, 2.05) is 0 Å². The number of ether oxygens (including phenoxy) is 2. The highest BCUT2D eigenvalue weighted by Crippen LogP contribution is 1.93. The number of hydrogen-bond donors (Lipinski definition) is 1. The topological polar surface area (TPSA) is 55.8 Å². The summed E-state index contributed by atoms with van der Waals surface area (Å²) in [5.41, 5.74) is 0. The van der Waals surface area contributed by atoms with Crippen molar-refractivity contribution >= 4 is 5.97 Å². The Balaban J connectivity index is 3.91. The van der Waals surface area contributed by atoms with Crippen LogP contribution in [0.4, 0.5) is 0 Å². The molecule has 0 rings (SSSR count). The molecule has 0 aromatic carbocycles. The average molecular weight is 132 g/mol. The summed E-state index contributed by atoms with van der Waals surface area (Å²) in [6.07, 6.45) is 0.833. The molecule has 0 aliphatic rings. The molecule has 0 aromatic rings. The molecule has 0 atom stereocenters. The molecule has 0 amide bonds. The van der Waals surface area contributed by atoms with Crippen molar-refractivity contribution in [3.05, 3.63) is 12.0 Å². The van der Waals surface area contributed by atoms with Crippen molar-refractivity contribution in [2.24, 2.45) is 0 Å². The van der Waals surface area contributed by atoms with Gasteiger partial charge in [-0.3, -0.25) is 0 Å². The van der Waals surface area contributed by atoms with Crippen LogP contribution in [-0.2, 0) is 14.3 Å². The van der Waals surface area contributed by atoms with Crippen LogP contribution >= 0.6 is 0 Å². The monoisotopic (exact) mass is 132 g/mol. The number of methoxy groups -OCH3 is 2. The molecule has 0 saturated carbocycles. The van der Waals surface area contributed by atoms with Gasteiger partial charge < -0.3 is 14.6 Å². The highest BCUT2D eigenvalue weighted by molar-refractivity contribution is 5.79. The molecule has 0 bridgehead atoms. The molecule has 0 aliphatic heterocycles. The molecule has 0 radical (unpaired) electrons. The van der Waals surface area contributed by atoms with Crippen molar-refractivity contribution in [2.75, 3.05) is 14.2 Å². The van der Waals surface area contributed by atoms with Gasteiger partial charge in [0.1, 0.15) is 6.08 Å². The van der Waals surface area contributed by atoms with Crippen molar-refractivity contribution in [1.82, 2.24) is 0 Å². The van der Waals surface area contributed by atoms with Gasteiger partial charge in [0.15, 0.2) is 0 Å². The zero-order valence-electron chi connectivity index (χ0n) is 5.25. The second-order valence-corrected chi connectivity index (χ2v) is 1.21. The van der Waals surface area contributed by atoms with E-state index < -0.39 is 5.97 Å². The molecular weight excluding hydrogens is 124 g/mol. The molecule has 0 aliphatic carbocycles. The molecule has 0 fully saturated rings. The van der Waals surface area contributed by atoms with Gasteiger partial charge in [-0.05, 0) is 0 Å². The Morgan fingerprint density at radius 2 is 1.89 bits per heavy atom. The van der Waals surface area contributed by atoms with E-state index >= 15 is 0 Å². The lowest BCUT2D eigenvalue weighted by molar-refractivity contribution is -0.131. The average Bonchev–Trinajstić information content (AvgIpc) is 1.82. The van der Waals surface area contributed by atoms with E-state index in [1.165, 1.54) is 14.2 Å². The minimum atomic E-state index is -1.09. The van der Waals surface area contributed by atoms with Crippen molar-refractivity contribution in [3.63, 3.8) is 0 Å². The second kappa shape index (κ2) is 3.77. The van der Waals surface area contributed by atoms with Gasteiger partial charge in [-0.25, -0.2) is 4.79 Å². The van der Waals surface area contributed by atoms with Crippen LogP contribution in [0.3, 0.4) is 0 Å². The molecule has 4 heteroatoms. The minimum Gasteiger partial charge on any atom is -0.478 e. The summed E-state index contributed by atoms with van der Waals surface area (Å²) < 4.78 is 8.94. The van der Waals surface area contributed by atoms with E-state index in [9.17, 15) is 4.79 Å². The summed E-state index contributed by atoms with van der Waals surface area (Å²) in [6, 6.07) is 0. The van der Waals surface area contributed by atoms with Crippen LogP contribution < -0.4 is 0 Å². The standard InChI is InChI=1S/C5H8O4/c1-8-5(9-2)3-4(6)7/h3H,1-2H3,(H,6,7). The number of aliphatic carboxylic acids is 1. The van der Waals surface area contributed by atoms with E-state index in [0.29, 0.717) is 0 Å². The molecule has 1 N–H and O–H groups in total. The van der Waals surface area contributed by atoms with E-state index in [-0.39, 0.29) is 5.95 Å². The zero-order chi connectivity index (χ0) is 7.28. The molecule has 9 heavy (non-hydrogen) atoms. The van der Waals surface area contributed by atoms with Gasteiger partial charge in [-0.2, -0.15) is 0 Å². The summed E-state index contributed by atoms with van der Waals surface area (Å²) in [5, 5.41) is 8.11. The third kappa shape index (κ3) is 3.40. The maximum atomic E-state index is 9.89.